The number of ether oxygens (including phenoxy) is 4. The molecule has 0 fully saturated rings. The topological polar surface area (TPSA) is 237 Å². The molecule has 0 spiro atoms. The third kappa shape index (κ3) is 65.8. The summed E-state index contributed by atoms with van der Waals surface area (Å²) in [6.45, 7) is 9.53. The molecule has 0 aliphatic heterocycles. The van der Waals surface area contributed by atoms with Crippen LogP contribution in [0, 0.1) is 11.8 Å². The van der Waals surface area contributed by atoms with Gasteiger partial charge in [-0.1, -0.05) is 330 Å². The zero-order chi connectivity index (χ0) is 68.6. The van der Waals surface area contributed by atoms with Crippen LogP contribution in [0.2, 0.25) is 0 Å². The van der Waals surface area contributed by atoms with E-state index >= 15 is 0 Å². The lowest BCUT2D eigenvalue weighted by atomic mass is 9.99. The van der Waals surface area contributed by atoms with Crippen LogP contribution in [0.1, 0.15) is 382 Å². The monoisotopic (exact) mass is 1370 g/mol. The molecule has 7 atom stereocenters. The highest BCUT2D eigenvalue weighted by atomic mass is 31.2. The largest absolute Gasteiger partial charge is 0.472 e. The van der Waals surface area contributed by atoms with Gasteiger partial charge in [-0.05, 0) is 37.5 Å². The van der Waals surface area contributed by atoms with Crippen molar-refractivity contribution in [2.45, 2.75) is 400 Å². The number of hydrogen-bond acceptors (Lipinski definition) is 15. The van der Waals surface area contributed by atoms with Gasteiger partial charge in [0.05, 0.1) is 26.4 Å². The maximum atomic E-state index is 13.1. The van der Waals surface area contributed by atoms with E-state index in [-0.39, 0.29) is 25.7 Å². The summed E-state index contributed by atoms with van der Waals surface area (Å²) in [6.07, 6.45) is 53.0. The first-order chi connectivity index (χ1) is 44.9. The SMILES string of the molecule is CCCCCCCCCCCCCCCCCCCCCCCCC(=O)O[C@H](COC(=O)CCCCCCCCCCC(C)CC)COP(=O)(O)OC[C@@H](O)COP(=O)(O)OC[C@@H](COC(=O)CCCCCCCCC)OC(=O)CCCCCCCCCCC(C)CC. The van der Waals surface area contributed by atoms with Crippen molar-refractivity contribution < 1.29 is 80.2 Å². The third-order valence-electron chi connectivity index (χ3n) is 17.9. The zero-order valence-corrected chi connectivity index (χ0v) is 62.3. The predicted octanol–water partition coefficient (Wildman–Crippen LogP) is 21.6. The Kier molecular flexibility index (Phi) is 64.6. The van der Waals surface area contributed by atoms with Crippen LogP contribution < -0.4 is 0 Å². The number of aliphatic hydroxyl groups is 1. The van der Waals surface area contributed by atoms with Gasteiger partial charge in [-0.15, -0.1) is 0 Å². The molecule has 4 unspecified atom stereocenters. The summed E-state index contributed by atoms with van der Waals surface area (Å²) in [7, 11) is -9.90. The molecule has 0 rings (SSSR count). The lowest BCUT2D eigenvalue weighted by Crippen LogP contribution is -2.30. The Balaban J connectivity index is 5.14. The fourth-order valence-corrected chi connectivity index (χ4v) is 12.8. The van der Waals surface area contributed by atoms with Gasteiger partial charge >= 0.3 is 39.5 Å². The van der Waals surface area contributed by atoms with Crippen molar-refractivity contribution in [3.8, 4) is 0 Å². The maximum Gasteiger partial charge on any atom is 0.472 e. The minimum Gasteiger partial charge on any atom is -0.462 e. The molecular formula is C74H144O17P2. The van der Waals surface area contributed by atoms with Gasteiger partial charge in [-0.3, -0.25) is 37.3 Å². The second-order valence-electron chi connectivity index (χ2n) is 27.2. The number of phosphoric ester groups is 2. The molecule has 0 aromatic heterocycles. The van der Waals surface area contributed by atoms with E-state index in [0.29, 0.717) is 25.7 Å². The summed E-state index contributed by atoms with van der Waals surface area (Å²) in [6, 6.07) is 0. The average Bonchev–Trinajstić information content (AvgIpc) is 2.52. The molecular weight excluding hydrogens is 1220 g/mol. The number of phosphoric acid groups is 2. The molecule has 19 heteroatoms. The van der Waals surface area contributed by atoms with E-state index in [0.717, 1.165) is 115 Å². The second-order valence-corrected chi connectivity index (χ2v) is 30.1. The molecule has 0 heterocycles. The number of rotatable bonds is 73. The summed E-state index contributed by atoms with van der Waals surface area (Å²) in [5.41, 5.74) is 0. The van der Waals surface area contributed by atoms with Crippen molar-refractivity contribution in [1.29, 1.82) is 0 Å². The predicted molar refractivity (Wildman–Crippen MR) is 377 cm³/mol. The van der Waals surface area contributed by atoms with Crippen LogP contribution in [0.15, 0.2) is 0 Å². The normalized spacial score (nSPS) is 14.6. The van der Waals surface area contributed by atoms with E-state index < -0.39 is 97.5 Å². The van der Waals surface area contributed by atoms with Gasteiger partial charge in [-0.25, -0.2) is 9.13 Å². The van der Waals surface area contributed by atoms with Crippen molar-refractivity contribution in [2.75, 3.05) is 39.6 Å². The summed E-state index contributed by atoms with van der Waals surface area (Å²) in [5, 5.41) is 10.6. The van der Waals surface area contributed by atoms with Gasteiger partial charge in [0.25, 0.3) is 0 Å². The summed E-state index contributed by atoms with van der Waals surface area (Å²) >= 11 is 0. The Morgan fingerprint density at radius 2 is 0.516 bits per heavy atom. The molecule has 0 amide bonds. The fraction of sp³-hybridized carbons (Fsp3) is 0.946. The van der Waals surface area contributed by atoms with E-state index in [1.165, 1.54) is 186 Å². The lowest BCUT2D eigenvalue weighted by molar-refractivity contribution is -0.161. The average molecular weight is 1370 g/mol. The highest BCUT2D eigenvalue weighted by Gasteiger charge is 2.30. The Morgan fingerprint density at radius 3 is 0.763 bits per heavy atom. The molecule has 0 bridgehead atoms. The first-order valence-corrected chi connectivity index (χ1v) is 41.6. The van der Waals surface area contributed by atoms with Crippen molar-refractivity contribution in [1.82, 2.24) is 0 Å². The van der Waals surface area contributed by atoms with Crippen LogP contribution in [0.4, 0.5) is 0 Å². The molecule has 0 saturated heterocycles. The van der Waals surface area contributed by atoms with Gasteiger partial charge in [-0.2, -0.15) is 0 Å². The number of esters is 4. The van der Waals surface area contributed by atoms with E-state index in [1.54, 1.807) is 0 Å². The zero-order valence-electron chi connectivity index (χ0n) is 60.6. The lowest BCUT2D eigenvalue weighted by Gasteiger charge is -2.21. The maximum absolute atomic E-state index is 13.1. The minimum atomic E-state index is -4.95. The van der Waals surface area contributed by atoms with Gasteiger partial charge < -0.3 is 33.8 Å². The van der Waals surface area contributed by atoms with Crippen LogP contribution >= 0.6 is 15.6 Å². The smallest absolute Gasteiger partial charge is 0.462 e. The number of carbonyl (C=O) groups is 4. The molecule has 93 heavy (non-hydrogen) atoms. The van der Waals surface area contributed by atoms with E-state index in [4.69, 9.17) is 37.0 Å². The van der Waals surface area contributed by atoms with Crippen LogP contribution in [0.3, 0.4) is 0 Å². The second kappa shape index (κ2) is 66.0. The molecule has 0 aromatic rings. The summed E-state index contributed by atoms with van der Waals surface area (Å²) < 4.78 is 68.3. The van der Waals surface area contributed by atoms with Gasteiger partial charge in [0.2, 0.25) is 0 Å². The highest BCUT2D eigenvalue weighted by Crippen LogP contribution is 2.45. The first-order valence-electron chi connectivity index (χ1n) is 38.6. The Bertz CT molecular complexity index is 1810. The Hall–Kier alpha value is -1.94. The quantitative estimate of drug-likeness (QED) is 0.0222. The Labute approximate surface area is 568 Å². The summed E-state index contributed by atoms with van der Waals surface area (Å²) in [4.78, 5) is 72.5. The molecule has 0 radical (unpaired) electrons. The van der Waals surface area contributed by atoms with E-state index in [2.05, 4.69) is 41.5 Å². The van der Waals surface area contributed by atoms with Crippen LogP contribution in [-0.2, 0) is 65.4 Å². The van der Waals surface area contributed by atoms with E-state index in [1.807, 2.05) is 0 Å². The standard InChI is InChI=1S/C74H144O17P2/c1-7-11-13-15-17-18-19-20-21-22-23-24-25-26-27-28-29-30-31-40-46-52-58-73(78)90-70(63-85-72(77)57-51-45-39-34-32-37-42-48-54-66(5)9-3)65-89-93(82,83)87-61-68(75)60-86-92(80,81)88-64-69(62-84-71(76)56-50-44-36-16-14-12-8-2)91-74(79)59-53-47-41-35-33-38-43-49-55-67(6)10-4/h66-70,75H,7-65H2,1-6H3,(H,80,81)(H,82,83)/t66?,67?,68-,69+,70+/m0/s1. The third-order valence-corrected chi connectivity index (χ3v) is 19.8. The van der Waals surface area contributed by atoms with Crippen LogP contribution in [-0.4, -0.2) is 96.7 Å². The van der Waals surface area contributed by atoms with Gasteiger partial charge in [0, 0.05) is 25.7 Å². The van der Waals surface area contributed by atoms with Crippen molar-refractivity contribution >= 4 is 39.5 Å². The first kappa shape index (κ1) is 91.1. The molecule has 0 aromatic carbocycles. The highest BCUT2D eigenvalue weighted by molar-refractivity contribution is 7.47. The van der Waals surface area contributed by atoms with Crippen molar-refractivity contribution in [3.05, 3.63) is 0 Å². The molecule has 0 saturated carbocycles. The van der Waals surface area contributed by atoms with Crippen molar-refractivity contribution in [3.63, 3.8) is 0 Å². The molecule has 3 N–H and O–H groups in total. The Morgan fingerprint density at radius 1 is 0.301 bits per heavy atom. The number of carbonyl (C=O) groups excluding carboxylic acids is 4. The number of hydrogen-bond donors (Lipinski definition) is 3. The molecule has 0 aliphatic carbocycles. The molecule has 0 aliphatic rings. The van der Waals surface area contributed by atoms with Crippen LogP contribution in [0.25, 0.3) is 0 Å². The number of unbranched alkanes of at least 4 members (excludes halogenated alkanes) is 41. The van der Waals surface area contributed by atoms with Gasteiger partial charge in [0.15, 0.2) is 12.2 Å². The van der Waals surface area contributed by atoms with E-state index in [9.17, 15) is 43.2 Å². The minimum absolute atomic E-state index is 0.105. The van der Waals surface area contributed by atoms with Gasteiger partial charge in [0.1, 0.15) is 19.3 Å². The molecule has 552 valence electrons. The number of aliphatic hydroxyl groups excluding tert-OH is 1. The van der Waals surface area contributed by atoms with Crippen molar-refractivity contribution in [2.24, 2.45) is 11.8 Å². The van der Waals surface area contributed by atoms with Crippen LogP contribution in [0.5, 0.6) is 0 Å². The fourth-order valence-electron chi connectivity index (χ4n) is 11.2. The molecule has 17 nitrogen and oxygen atoms in total. The summed E-state index contributed by atoms with van der Waals surface area (Å²) in [5.74, 6) is -0.580.